The fraction of sp³-hybridized carbons (Fsp3) is 0.476. The van der Waals surface area contributed by atoms with Crippen LogP contribution in [0.25, 0.3) is 6.08 Å². The van der Waals surface area contributed by atoms with Gasteiger partial charge in [-0.25, -0.2) is 4.79 Å². The second kappa shape index (κ2) is 10.5. The minimum Gasteiger partial charge on any atom is -0.490 e. The van der Waals surface area contributed by atoms with Gasteiger partial charge in [-0.15, -0.1) is 0 Å². The number of carboxylic acids is 1. The molecule has 0 atom stereocenters. The number of thioether (sulfide) groups is 1. The Hall–Kier alpha value is -1.75. The predicted molar refractivity (Wildman–Crippen MR) is 123 cm³/mol. The highest BCUT2D eigenvalue weighted by Crippen LogP contribution is 2.38. The Morgan fingerprint density at radius 1 is 1.27 bits per heavy atom. The Labute approximate surface area is 193 Å². The Morgan fingerprint density at radius 3 is 2.67 bits per heavy atom. The molecule has 1 N–H and O–H groups in total. The molecule has 1 aromatic rings. The maximum absolute atomic E-state index is 12.8. The van der Waals surface area contributed by atoms with E-state index in [-0.39, 0.29) is 11.1 Å². The van der Waals surface area contributed by atoms with Crippen LogP contribution in [0.3, 0.4) is 0 Å². The number of hydrogen-bond acceptors (Lipinski definition) is 6. The van der Waals surface area contributed by atoms with Crippen LogP contribution in [-0.2, 0) is 9.59 Å². The van der Waals surface area contributed by atoms with Crippen molar-refractivity contribution in [3.05, 3.63) is 26.2 Å². The van der Waals surface area contributed by atoms with E-state index in [2.05, 4.69) is 0 Å². The summed E-state index contributed by atoms with van der Waals surface area (Å²) < 4.78 is 11.6. The van der Waals surface area contributed by atoms with Crippen molar-refractivity contribution in [2.45, 2.75) is 39.0 Å². The molecule has 162 valence electrons. The summed E-state index contributed by atoms with van der Waals surface area (Å²) in [4.78, 5) is 37.8. The van der Waals surface area contributed by atoms with Crippen LogP contribution in [0.2, 0.25) is 0 Å². The number of halogens is 1. The van der Waals surface area contributed by atoms with Crippen LogP contribution < -0.4 is 9.47 Å². The zero-order chi connectivity index (χ0) is 21.7. The summed E-state index contributed by atoms with van der Waals surface area (Å²) >= 11 is 2.99. The fourth-order valence-electron chi connectivity index (χ4n) is 3.64. The Kier molecular flexibility index (Phi) is 8.04. The number of aliphatic carboxylic acids is 1. The predicted octanol–water partition coefficient (Wildman–Crippen LogP) is 4.77. The number of hydrogen-bond donors (Lipinski definition) is 1. The van der Waals surface area contributed by atoms with Gasteiger partial charge in [0.05, 0.1) is 15.1 Å². The molecule has 1 aromatic carbocycles. The van der Waals surface area contributed by atoms with Crippen LogP contribution in [0.5, 0.6) is 11.5 Å². The topological polar surface area (TPSA) is 93.1 Å². The standard InChI is InChI=1S/C21H24INO6S/c1-2-28-16-9-14(8-15(22)19(16)29-12-18(24)25)10-17-20(26)23(21(27)30-17)11-13-6-4-3-5-7-13/h8-10,13H,2-7,11-12H2,1H3,(H,24,25)/b17-10+. The molecule has 0 bridgehead atoms. The third-order valence-electron chi connectivity index (χ3n) is 5.01. The minimum absolute atomic E-state index is 0.224. The second-order valence-corrected chi connectivity index (χ2v) is 9.40. The van der Waals surface area contributed by atoms with Gasteiger partial charge in [0, 0.05) is 6.54 Å². The molecule has 7 nitrogen and oxygen atoms in total. The van der Waals surface area contributed by atoms with Crippen molar-refractivity contribution >= 4 is 57.5 Å². The quantitative estimate of drug-likeness (QED) is 0.372. The third kappa shape index (κ3) is 5.69. The van der Waals surface area contributed by atoms with Gasteiger partial charge in [-0.2, -0.15) is 0 Å². The first-order valence-electron chi connectivity index (χ1n) is 9.95. The molecule has 0 aromatic heterocycles. The number of benzene rings is 1. The lowest BCUT2D eigenvalue weighted by Crippen LogP contribution is -2.34. The molecule has 0 unspecified atom stereocenters. The first kappa shape index (κ1) is 22.9. The largest absolute Gasteiger partial charge is 0.490 e. The van der Waals surface area contributed by atoms with Gasteiger partial charge >= 0.3 is 5.97 Å². The van der Waals surface area contributed by atoms with E-state index in [9.17, 15) is 14.4 Å². The van der Waals surface area contributed by atoms with Crippen LogP contribution >= 0.6 is 34.4 Å². The van der Waals surface area contributed by atoms with Gasteiger partial charge in [-0.3, -0.25) is 14.5 Å². The van der Waals surface area contributed by atoms with Gasteiger partial charge < -0.3 is 14.6 Å². The van der Waals surface area contributed by atoms with Gasteiger partial charge in [0.2, 0.25) is 0 Å². The second-order valence-electron chi connectivity index (χ2n) is 7.24. The Balaban J connectivity index is 1.80. The molecule has 2 aliphatic rings. The molecule has 1 aliphatic heterocycles. The molecule has 1 aliphatic carbocycles. The summed E-state index contributed by atoms with van der Waals surface area (Å²) in [5.41, 5.74) is 0.689. The molecule has 0 radical (unpaired) electrons. The van der Waals surface area contributed by atoms with Crippen LogP contribution in [0.4, 0.5) is 4.79 Å². The molecule has 30 heavy (non-hydrogen) atoms. The summed E-state index contributed by atoms with van der Waals surface area (Å²) in [6, 6.07) is 3.47. The number of carbonyl (C=O) groups excluding carboxylic acids is 2. The average molecular weight is 545 g/mol. The Bertz CT molecular complexity index is 865. The zero-order valence-corrected chi connectivity index (χ0v) is 19.7. The lowest BCUT2D eigenvalue weighted by atomic mass is 9.89. The molecular weight excluding hydrogens is 521 g/mol. The molecule has 3 rings (SSSR count). The summed E-state index contributed by atoms with van der Waals surface area (Å²) in [5, 5.41) is 8.65. The molecule has 9 heteroatoms. The lowest BCUT2D eigenvalue weighted by molar-refractivity contribution is -0.139. The maximum atomic E-state index is 12.8. The van der Waals surface area contributed by atoms with Crippen molar-refractivity contribution in [3.8, 4) is 11.5 Å². The van der Waals surface area contributed by atoms with E-state index in [0.29, 0.717) is 44.6 Å². The monoisotopic (exact) mass is 545 g/mol. The van der Waals surface area contributed by atoms with Crippen molar-refractivity contribution in [1.29, 1.82) is 0 Å². The lowest BCUT2D eigenvalue weighted by Gasteiger charge is -2.25. The van der Waals surface area contributed by atoms with Crippen LogP contribution in [0.15, 0.2) is 17.0 Å². The van der Waals surface area contributed by atoms with E-state index in [0.717, 1.165) is 37.4 Å². The van der Waals surface area contributed by atoms with E-state index in [4.69, 9.17) is 14.6 Å². The van der Waals surface area contributed by atoms with E-state index >= 15 is 0 Å². The number of imide groups is 1. The van der Waals surface area contributed by atoms with Gasteiger partial charge in [-0.05, 0) is 83.8 Å². The van der Waals surface area contributed by atoms with E-state index in [1.54, 1.807) is 18.2 Å². The number of ether oxygens (including phenoxy) is 2. The summed E-state index contributed by atoms with van der Waals surface area (Å²) in [6.07, 6.45) is 7.35. The van der Waals surface area contributed by atoms with Crippen molar-refractivity contribution < 1.29 is 29.0 Å². The molecule has 2 amide bonds. The van der Waals surface area contributed by atoms with E-state index in [1.807, 2.05) is 29.5 Å². The summed E-state index contributed by atoms with van der Waals surface area (Å²) in [7, 11) is 0. The number of carboxylic acid groups (broad SMARTS) is 1. The van der Waals surface area contributed by atoms with Gasteiger partial charge in [-0.1, -0.05) is 19.3 Å². The summed E-state index contributed by atoms with van der Waals surface area (Å²) in [6.45, 7) is 2.21. The number of carbonyl (C=O) groups is 3. The molecule has 2 fully saturated rings. The van der Waals surface area contributed by atoms with Gasteiger partial charge in [0.25, 0.3) is 11.1 Å². The smallest absolute Gasteiger partial charge is 0.341 e. The van der Waals surface area contributed by atoms with Crippen molar-refractivity contribution in [1.82, 2.24) is 4.90 Å². The summed E-state index contributed by atoms with van der Waals surface area (Å²) in [5.74, 6) is -0.192. The first-order chi connectivity index (χ1) is 14.4. The first-order valence-corrected chi connectivity index (χ1v) is 11.8. The zero-order valence-electron chi connectivity index (χ0n) is 16.7. The number of amides is 2. The van der Waals surface area contributed by atoms with Crippen molar-refractivity contribution in [2.75, 3.05) is 19.8 Å². The highest BCUT2D eigenvalue weighted by molar-refractivity contribution is 14.1. The SMILES string of the molecule is CCOc1cc(/C=C2/SC(=O)N(CC3CCCCC3)C2=O)cc(I)c1OCC(=O)O. The number of rotatable bonds is 8. The Morgan fingerprint density at radius 2 is 2.00 bits per heavy atom. The van der Waals surface area contributed by atoms with E-state index < -0.39 is 12.6 Å². The van der Waals surface area contributed by atoms with Gasteiger partial charge in [0.1, 0.15) is 0 Å². The molecular formula is C21H24INO6S. The molecule has 1 saturated carbocycles. The molecule has 1 saturated heterocycles. The third-order valence-corrected chi connectivity index (χ3v) is 6.72. The highest BCUT2D eigenvalue weighted by Gasteiger charge is 2.36. The molecule has 1 heterocycles. The average Bonchev–Trinajstić information content (AvgIpc) is 2.95. The minimum atomic E-state index is -1.08. The van der Waals surface area contributed by atoms with Crippen molar-refractivity contribution in [3.63, 3.8) is 0 Å². The normalized spacial score (nSPS) is 18.9. The fourth-order valence-corrected chi connectivity index (χ4v) is 5.27. The van der Waals surface area contributed by atoms with E-state index in [1.165, 1.54) is 11.3 Å². The highest BCUT2D eigenvalue weighted by atomic mass is 127. The van der Waals surface area contributed by atoms with Crippen LogP contribution in [-0.4, -0.2) is 46.9 Å². The van der Waals surface area contributed by atoms with Crippen LogP contribution in [0, 0.1) is 9.49 Å². The van der Waals surface area contributed by atoms with Crippen molar-refractivity contribution in [2.24, 2.45) is 5.92 Å². The van der Waals surface area contributed by atoms with Gasteiger partial charge in [0.15, 0.2) is 18.1 Å². The maximum Gasteiger partial charge on any atom is 0.341 e. The molecule has 0 spiro atoms. The van der Waals surface area contributed by atoms with Crippen LogP contribution in [0.1, 0.15) is 44.6 Å². The number of nitrogens with zero attached hydrogens (tertiary/aromatic N) is 1.